The summed E-state index contributed by atoms with van der Waals surface area (Å²) in [6.07, 6.45) is 4.21. The summed E-state index contributed by atoms with van der Waals surface area (Å²) in [6.45, 7) is 1.98. The smallest absolute Gasteiger partial charge is 0.305 e. The number of carbonyl (C=O) groups excluding carboxylic acids is 1. The van der Waals surface area contributed by atoms with Gasteiger partial charge in [0.05, 0.1) is 17.9 Å². The van der Waals surface area contributed by atoms with E-state index in [2.05, 4.69) is 5.32 Å². The number of carbonyl (C=O) groups is 2. The highest BCUT2D eigenvalue weighted by Gasteiger charge is 2.38. The molecule has 1 unspecified atom stereocenters. The van der Waals surface area contributed by atoms with Crippen molar-refractivity contribution in [2.24, 2.45) is 0 Å². The standard InChI is InChI=1S/C17H23NO3/c1-2-14(13-8-4-3-5-9-13)16(21)18-17(12-15(19)20)10-6-7-11-17/h3-5,8-9,14H,2,6-7,10-12H2,1H3,(H,18,21)(H,19,20). The Morgan fingerprint density at radius 1 is 1.24 bits per heavy atom. The Labute approximate surface area is 125 Å². The molecule has 114 valence electrons. The highest BCUT2D eigenvalue weighted by Crippen LogP contribution is 2.33. The third-order valence-electron chi connectivity index (χ3n) is 4.37. The summed E-state index contributed by atoms with van der Waals surface area (Å²) in [5.74, 6) is -1.10. The maximum absolute atomic E-state index is 12.6. The molecule has 1 saturated carbocycles. The van der Waals surface area contributed by atoms with E-state index in [1.54, 1.807) is 0 Å². The van der Waals surface area contributed by atoms with Gasteiger partial charge >= 0.3 is 5.97 Å². The molecular formula is C17H23NO3. The Morgan fingerprint density at radius 3 is 2.38 bits per heavy atom. The van der Waals surface area contributed by atoms with Gasteiger partial charge < -0.3 is 10.4 Å². The molecule has 1 aromatic rings. The number of carboxylic acids is 1. The van der Waals surface area contributed by atoms with E-state index in [4.69, 9.17) is 5.11 Å². The summed E-state index contributed by atoms with van der Waals surface area (Å²) in [5, 5.41) is 12.2. The van der Waals surface area contributed by atoms with Crippen LogP contribution in [0.5, 0.6) is 0 Å². The number of hydrogen-bond donors (Lipinski definition) is 2. The molecular weight excluding hydrogens is 266 g/mol. The minimum Gasteiger partial charge on any atom is -0.481 e. The molecule has 21 heavy (non-hydrogen) atoms. The fraction of sp³-hybridized carbons (Fsp3) is 0.529. The number of benzene rings is 1. The SMILES string of the molecule is CCC(C(=O)NC1(CC(=O)O)CCCC1)c1ccccc1. The van der Waals surface area contributed by atoms with Gasteiger partial charge in [-0.05, 0) is 24.8 Å². The molecule has 0 saturated heterocycles. The zero-order valence-corrected chi connectivity index (χ0v) is 12.5. The van der Waals surface area contributed by atoms with Gasteiger partial charge in [-0.15, -0.1) is 0 Å². The zero-order chi connectivity index (χ0) is 15.3. The van der Waals surface area contributed by atoms with Gasteiger partial charge in [0.2, 0.25) is 5.91 Å². The van der Waals surface area contributed by atoms with Gasteiger partial charge in [-0.25, -0.2) is 0 Å². The van der Waals surface area contributed by atoms with Crippen molar-refractivity contribution in [3.8, 4) is 0 Å². The van der Waals surface area contributed by atoms with Gasteiger partial charge in [0.25, 0.3) is 0 Å². The van der Waals surface area contributed by atoms with E-state index in [1.165, 1.54) is 0 Å². The molecule has 0 radical (unpaired) electrons. The minimum absolute atomic E-state index is 0.0178. The van der Waals surface area contributed by atoms with Gasteiger partial charge in [0.15, 0.2) is 0 Å². The maximum atomic E-state index is 12.6. The molecule has 4 nitrogen and oxygen atoms in total. The predicted molar refractivity (Wildman–Crippen MR) is 81.1 cm³/mol. The van der Waals surface area contributed by atoms with Gasteiger partial charge in [0, 0.05) is 0 Å². The molecule has 1 aromatic carbocycles. The van der Waals surface area contributed by atoms with E-state index in [1.807, 2.05) is 37.3 Å². The molecule has 2 rings (SSSR count). The molecule has 2 N–H and O–H groups in total. The number of aliphatic carboxylic acids is 1. The van der Waals surface area contributed by atoms with E-state index in [9.17, 15) is 9.59 Å². The quantitative estimate of drug-likeness (QED) is 0.845. The highest BCUT2D eigenvalue weighted by atomic mass is 16.4. The molecule has 0 bridgehead atoms. The van der Waals surface area contributed by atoms with Gasteiger partial charge in [-0.1, -0.05) is 50.1 Å². The lowest BCUT2D eigenvalue weighted by molar-refractivity contribution is -0.139. The number of carboxylic acid groups (broad SMARTS) is 1. The van der Waals surface area contributed by atoms with Crippen molar-refractivity contribution < 1.29 is 14.7 Å². The third kappa shape index (κ3) is 3.84. The minimum atomic E-state index is -0.843. The average molecular weight is 289 g/mol. The molecule has 0 heterocycles. The molecule has 4 heteroatoms. The van der Waals surface area contributed by atoms with Crippen molar-refractivity contribution in [1.29, 1.82) is 0 Å². The average Bonchev–Trinajstić information content (AvgIpc) is 2.88. The van der Waals surface area contributed by atoms with Crippen LogP contribution < -0.4 is 5.32 Å². The number of nitrogens with one attached hydrogen (secondary N) is 1. The van der Waals surface area contributed by atoms with Crippen LogP contribution in [0.1, 0.15) is 56.9 Å². The second-order valence-corrected chi connectivity index (χ2v) is 5.92. The first-order valence-corrected chi connectivity index (χ1v) is 7.65. The van der Waals surface area contributed by atoms with Crippen LogP contribution in [0.15, 0.2) is 30.3 Å². The van der Waals surface area contributed by atoms with Crippen molar-refractivity contribution >= 4 is 11.9 Å². The molecule has 1 aliphatic carbocycles. The lowest BCUT2D eigenvalue weighted by Gasteiger charge is -2.30. The summed E-state index contributed by atoms with van der Waals surface area (Å²) in [6, 6.07) is 9.68. The monoisotopic (exact) mass is 289 g/mol. The lowest BCUT2D eigenvalue weighted by atomic mass is 9.90. The maximum Gasteiger partial charge on any atom is 0.305 e. The predicted octanol–water partition coefficient (Wildman–Crippen LogP) is 3.08. The Morgan fingerprint density at radius 2 is 1.86 bits per heavy atom. The molecule has 1 amide bonds. The second-order valence-electron chi connectivity index (χ2n) is 5.92. The summed E-state index contributed by atoms with van der Waals surface area (Å²) in [7, 11) is 0. The van der Waals surface area contributed by atoms with Crippen LogP contribution in [0.2, 0.25) is 0 Å². The molecule has 1 aliphatic rings. The van der Waals surface area contributed by atoms with Crippen molar-refractivity contribution in [2.45, 2.75) is 56.9 Å². The number of rotatable bonds is 6. The van der Waals surface area contributed by atoms with Crippen LogP contribution in [0, 0.1) is 0 Å². The molecule has 1 atom stereocenters. The summed E-state index contributed by atoms with van der Waals surface area (Å²) in [4.78, 5) is 23.7. The largest absolute Gasteiger partial charge is 0.481 e. The summed E-state index contributed by atoms with van der Waals surface area (Å²) < 4.78 is 0. The van der Waals surface area contributed by atoms with Gasteiger partial charge in [-0.2, -0.15) is 0 Å². The first-order chi connectivity index (χ1) is 10.1. The van der Waals surface area contributed by atoms with Crippen LogP contribution in [0.4, 0.5) is 0 Å². The Hall–Kier alpha value is -1.84. The second kappa shape index (κ2) is 6.74. The van der Waals surface area contributed by atoms with Gasteiger partial charge in [0.1, 0.15) is 0 Å². The van der Waals surface area contributed by atoms with Crippen LogP contribution in [0.3, 0.4) is 0 Å². The molecule has 1 fully saturated rings. The molecule has 0 aromatic heterocycles. The Kier molecular flexibility index (Phi) is 4.99. The van der Waals surface area contributed by atoms with Crippen molar-refractivity contribution in [3.05, 3.63) is 35.9 Å². The van der Waals surface area contributed by atoms with Crippen LogP contribution >= 0.6 is 0 Å². The first kappa shape index (κ1) is 15.5. The fourth-order valence-electron chi connectivity index (χ4n) is 3.29. The number of amides is 1. The van der Waals surface area contributed by atoms with E-state index < -0.39 is 11.5 Å². The molecule has 0 spiro atoms. The third-order valence-corrected chi connectivity index (χ3v) is 4.37. The van der Waals surface area contributed by atoms with E-state index in [0.717, 1.165) is 31.2 Å². The van der Waals surface area contributed by atoms with Crippen LogP contribution in [0.25, 0.3) is 0 Å². The van der Waals surface area contributed by atoms with E-state index in [0.29, 0.717) is 6.42 Å². The normalized spacial score (nSPS) is 18.1. The summed E-state index contributed by atoms with van der Waals surface area (Å²) in [5.41, 5.74) is 0.437. The van der Waals surface area contributed by atoms with Crippen molar-refractivity contribution in [3.63, 3.8) is 0 Å². The number of hydrogen-bond acceptors (Lipinski definition) is 2. The molecule has 0 aliphatic heterocycles. The topological polar surface area (TPSA) is 66.4 Å². The summed E-state index contributed by atoms with van der Waals surface area (Å²) >= 11 is 0. The fourth-order valence-corrected chi connectivity index (χ4v) is 3.29. The van der Waals surface area contributed by atoms with Crippen molar-refractivity contribution in [2.75, 3.05) is 0 Å². The van der Waals surface area contributed by atoms with Crippen molar-refractivity contribution in [1.82, 2.24) is 5.32 Å². The zero-order valence-electron chi connectivity index (χ0n) is 12.5. The van der Waals surface area contributed by atoms with Crippen LogP contribution in [-0.2, 0) is 9.59 Å². The Balaban J connectivity index is 2.12. The van der Waals surface area contributed by atoms with E-state index >= 15 is 0 Å². The van der Waals surface area contributed by atoms with E-state index in [-0.39, 0.29) is 18.2 Å². The highest BCUT2D eigenvalue weighted by molar-refractivity contribution is 5.85. The first-order valence-electron chi connectivity index (χ1n) is 7.65. The van der Waals surface area contributed by atoms with Crippen LogP contribution in [-0.4, -0.2) is 22.5 Å². The Bertz CT molecular complexity index is 492. The van der Waals surface area contributed by atoms with Gasteiger partial charge in [-0.3, -0.25) is 9.59 Å². The lowest BCUT2D eigenvalue weighted by Crippen LogP contribution is -2.49.